The number of nitrogens with one attached hydrogen (secondary N) is 1. The first-order valence-electron chi connectivity index (χ1n) is 8.51. The first-order valence-corrected chi connectivity index (χ1v) is 8.51. The zero-order valence-electron chi connectivity index (χ0n) is 12.9. The summed E-state index contributed by atoms with van der Waals surface area (Å²) in [4.78, 5) is 28.2. The van der Waals surface area contributed by atoms with Gasteiger partial charge >= 0.3 is 0 Å². The van der Waals surface area contributed by atoms with Crippen LogP contribution in [0, 0.1) is 11.8 Å². The van der Waals surface area contributed by atoms with E-state index in [0.717, 1.165) is 58.5 Å². The van der Waals surface area contributed by atoms with E-state index in [9.17, 15) is 9.59 Å². The summed E-state index contributed by atoms with van der Waals surface area (Å²) in [6.45, 7) is 5.11. The third kappa shape index (κ3) is 3.96. The van der Waals surface area contributed by atoms with Gasteiger partial charge in [-0.25, -0.2) is 0 Å². The van der Waals surface area contributed by atoms with Gasteiger partial charge in [0.2, 0.25) is 11.8 Å². The lowest BCUT2D eigenvalue weighted by Gasteiger charge is -2.35. The third-order valence-corrected chi connectivity index (χ3v) is 5.10. The highest BCUT2D eigenvalue weighted by atomic mass is 16.2. The Labute approximate surface area is 127 Å². The number of hydrogen-bond acceptors (Lipinski definition) is 3. The number of rotatable bonds is 4. The fourth-order valence-electron chi connectivity index (χ4n) is 3.42. The van der Waals surface area contributed by atoms with Gasteiger partial charge in [-0.1, -0.05) is 0 Å². The van der Waals surface area contributed by atoms with Gasteiger partial charge in [-0.05, 0) is 51.1 Å². The van der Waals surface area contributed by atoms with E-state index >= 15 is 0 Å². The largest absolute Gasteiger partial charge is 0.339 e. The van der Waals surface area contributed by atoms with Gasteiger partial charge in [0, 0.05) is 38.5 Å². The molecule has 0 aromatic rings. The van der Waals surface area contributed by atoms with E-state index in [0.29, 0.717) is 24.2 Å². The summed E-state index contributed by atoms with van der Waals surface area (Å²) in [5.41, 5.74) is 0. The molecule has 118 valence electrons. The monoisotopic (exact) mass is 293 g/mol. The molecule has 0 aromatic carbocycles. The van der Waals surface area contributed by atoms with Crippen molar-refractivity contribution in [3.05, 3.63) is 0 Å². The lowest BCUT2D eigenvalue weighted by molar-refractivity contribution is -0.140. The molecule has 1 N–H and O–H groups in total. The quantitative estimate of drug-likeness (QED) is 0.836. The van der Waals surface area contributed by atoms with Crippen LogP contribution in [0.3, 0.4) is 0 Å². The standard InChI is InChI=1S/C16H27N3O2/c20-15(4-1-13-5-7-17-8-6-13)18-9-11-19(12-10-18)16(21)14-2-3-14/h13-14,17H,1-12H2. The number of piperidine rings is 1. The highest BCUT2D eigenvalue weighted by molar-refractivity contribution is 5.81. The molecule has 2 saturated heterocycles. The zero-order valence-corrected chi connectivity index (χ0v) is 12.9. The lowest BCUT2D eigenvalue weighted by atomic mass is 9.93. The van der Waals surface area contributed by atoms with E-state index in [-0.39, 0.29) is 5.91 Å². The Hall–Kier alpha value is -1.10. The molecule has 2 amide bonds. The summed E-state index contributed by atoms with van der Waals surface area (Å²) in [5.74, 6) is 1.61. The third-order valence-electron chi connectivity index (χ3n) is 5.10. The summed E-state index contributed by atoms with van der Waals surface area (Å²) < 4.78 is 0. The van der Waals surface area contributed by atoms with E-state index in [1.54, 1.807) is 0 Å². The van der Waals surface area contributed by atoms with Crippen LogP contribution in [0.2, 0.25) is 0 Å². The van der Waals surface area contributed by atoms with Crippen LogP contribution in [0.25, 0.3) is 0 Å². The SMILES string of the molecule is O=C(CCC1CCNCC1)N1CCN(C(=O)C2CC2)CC1. The van der Waals surface area contributed by atoms with Crippen LogP contribution in [0.4, 0.5) is 0 Å². The molecule has 0 radical (unpaired) electrons. The fourth-order valence-corrected chi connectivity index (χ4v) is 3.42. The highest BCUT2D eigenvalue weighted by Crippen LogP contribution is 2.31. The van der Waals surface area contributed by atoms with E-state index in [1.165, 1.54) is 12.8 Å². The molecule has 0 spiro atoms. The molecule has 0 aromatic heterocycles. The lowest BCUT2D eigenvalue weighted by Crippen LogP contribution is -2.51. The average Bonchev–Trinajstić information content (AvgIpc) is 3.38. The number of amides is 2. The van der Waals surface area contributed by atoms with Gasteiger partial charge in [-0.2, -0.15) is 0 Å². The summed E-state index contributed by atoms with van der Waals surface area (Å²) in [5, 5.41) is 3.36. The maximum atomic E-state index is 12.3. The topological polar surface area (TPSA) is 52.7 Å². The molecule has 2 aliphatic heterocycles. The van der Waals surface area contributed by atoms with Crippen molar-refractivity contribution < 1.29 is 9.59 Å². The molecule has 1 aliphatic carbocycles. The molecule has 3 aliphatic rings. The van der Waals surface area contributed by atoms with Crippen molar-refractivity contribution in [3.63, 3.8) is 0 Å². The summed E-state index contributed by atoms with van der Waals surface area (Å²) in [6.07, 6.45) is 6.25. The van der Waals surface area contributed by atoms with Crippen LogP contribution in [-0.2, 0) is 9.59 Å². The van der Waals surface area contributed by atoms with Crippen LogP contribution in [0.15, 0.2) is 0 Å². The minimum atomic E-state index is 0.284. The van der Waals surface area contributed by atoms with Gasteiger partial charge in [0.05, 0.1) is 0 Å². The Bertz CT molecular complexity index is 381. The molecular weight excluding hydrogens is 266 g/mol. The van der Waals surface area contributed by atoms with Gasteiger partial charge in [-0.15, -0.1) is 0 Å². The van der Waals surface area contributed by atoms with E-state index < -0.39 is 0 Å². The summed E-state index contributed by atoms with van der Waals surface area (Å²) in [7, 11) is 0. The zero-order chi connectivity index (χ0) is 14.7. The number of hydrogen-bond donors (Lipinski definition) is 1. The maximum absolute atomic E-state index is 12.3. The smallest absolute Gasteiger partial charge is 0.225 e. The van der Waals surface area contributed by atoms with Gasteiger partial charge in [-0.3, -0.25) is 9.59 Å². The Morgan fingerprint density at radius 2 is 1.52 bits per heavy atom. The second-order valence-electron chi connectivity index (χ2n) is 6.71. The van der Waals surface area contributed by atoms with Crippen LogP contribution < -0.4 is 5.32 Å². The Morgan fingerprint density at radius 3 is 2.14 bits per heavy atom. The summed E-state index contributed by atoms with van der Waals surface area (Å²) in [6, 6.07) is 0. The Morgan fingerprint density at radius 1 is 0.905 bits per heavy atom. The molecule has 0 bridgehead atoms. The Kier molecular flexibility index (Phi) is 4.78. The fraction of sp³-hybridized carbons (Fsp3) is 0.875. The normalized spacial score (nSPS) is 24.2. The minimum absolute atomic E-state index is 0.284. The van der Waals surface area contributed by atoms with Gasteiger partial charge in [0.25, 0.3) is 0 Å². The van der Waals surface area contributed by atoms with Crippen LogP contribution >= 0.6 is 0 Å². The van der Waals surface area contributed by atoms with Gasteiger partial charge < -0.3 is 15.1 Å². The van der Waals surface area contributed by atoms with E-state index in [4.69, 9.17) is 0 Å². The average molecular weight is 293 g/mol. The molecule has 0 atom stereocenters. The van der Waals surface area contributed by atoms with Gasteiger partial charge in [0.1, 0.15) is 0 Å². The molecule has 3 fully saturated rings. The molecule has 5 nitrogen and oxygen atoms in total. The predicted octanol–water partition coefficient (Wildman–Crippen LogP) is 0.847. The van der Waals surface area contributed by atoms with Crippen molar-refractivity contribution in [2.75, 3.05) is 39.3 Å². The second kappa shape index (κ2) is 6.77. The number of nitrogens with zero attached hydrogens (tertiary/aromatic N) is 2. The maximum Gasteiger partial charge on any atom is 0.225 e. The molecule has 3 rings (SSSR count). The molecule has 0 unspecified atom stereocenters. The van der Waals surface area contributed by atoms with Crippen molar-refractivity contribution in [3.8, 4) is 0 Å². The molecule has 1 saturated carbocycles. The first-order chi connectivity index (χ1) is 10.2. The van der Waals surface area contributed by atoms with Crippen molar-refractivity contribution in [1.82, 2.24) is 15.1 Å². The Balaban J connectivity index is 1.37. The molecular formula is C16H27N3O2. The van der Waals surface area contributed by atoms with Crippen LogP contribution in [-0.4, -0.2) is 60.9 Å². The van der Waals surface area contributed by atoms with Crippen LogP contribution in [0.5, 0.6) is 0 Å². The molecule has 2 heterocycles. The van der Waals surface area contributed by atoms with Crippen molar-refractivity contribution >= 4 is 11.8 Å². The summed E-state index contributed by atoms with van der Waals surface area (Å²) >= 11 is 0. The molecule has 5 heteroatoms. The van der Waals surface area contributed by atoms with Crippen LogP contribution in [0.1, 0.15) is 38.5 Å². The first kappa shape index (κ1) is 14.8. The number of carbonyl (C=O) groups is 2. The van der Waals surface area contributed by atoms with Crippen molar-refractivity contribution in [2.24, 2.45) is 11.8 Å². The van der Waals surface area contributed by atoms with Crippen molar-refractivity contribution in [1.29, 1.82) is 0 Å². The number of carbonyl (C=O) groups excluding carboxylic acids is 2. The predicted molar refractivity (Wildman–Crippen MR) is 80.7 cm³/mol. The number of piperazine rings is 1. The van der Waals surface area contributed by atoms with E-state index in [2.05, 4.69) is 5.32 Å². The van der Waals surface area contributed by atoms with E-state index in [1.807, 2.05) is 9.80 Å². The van der Waals surface area contributed by atoms with Gasteiger partial charge in [0.15, 0.2) is 0 Å². The van der Waals surface area contributed by atoms with Crippen molar-refractivity contribution in [2.45, 2.75) is 38.5 Å². The minimum Gasteiger partial charge on any atom is -0.339 e. The highest BCUT2D eigenvalue weighted by Gasteiger charge is 2.35. The molecule has 21 heavy (non-hydrogen) atoms. The second-order valence-corrected chi connectivity index (χ2v) is 6.71.